The van der Waals surface area contributed by atoms with Gasteiger partial charge in [-0.2, -0.15) is 0 Å². The number of hydrogen-bond donors (Lipinski definition) is 0. The lowest BCUT2D eigenvalue weighted by atomic mass is 10.2. The predicted molar refractivity (Wildman–Crippen MR) is 44.8 cm³/mol. The average Bonchev–Trinajstić information content (AvgIpc) is 2.17. The van der Waals surface area contributed by atoms with Crippen LogP contribution in [0.25, 0.3) is 0 Å². The molecule has 0 atom stereocenters. The summed E-state index contributed by atoms with van der Waals surface area (Å²) in [4.78, 5) is 0. The molecular formula is C10H6O2. The SMILES string of the molecule is C#Cc1ccc2c(c1)OC=CO2. The van der Waals surface area contributed by atoms with Crippen LogP contribution in [0.15, 0.2) is 30.7 Å². The van der Waals surface area contributed by atoms with Crippen LogP contribution in [0, 0.1) is 12.3 Å². The van der Waals surface area contributed by atoms with Crippen LogP contribution in [0.2, 0.25) is 0 Å². The van der Waals surface area contributed by atoms with E-state index in [-0.39, 0.29) is 0 Å². The number of hydrogen-bond acceptors (Lipinski definition) is 2. The smallest absolute Gasteiger partial charge is 0.170 e. The van der Waals surface area contributed by atoms with E-state index in [1.165, 1.54) is 12.5 Å². The Balaban J connectivity index is 2.48. The highest BCUT2D eigenvalue weighted by Crippen LogP contribution is 2.30. The maximum atomic E-state index is 5.22. The van der Waals surface area contributed by atoms with Crippen molar-refractivity contribution in [1.29, 1.82) is 0 Å². The molecule has 1 aromatic rings. The maximum Gasteiger partial charge on any atom is 0.170 e. The highest BCUT2D eigenvalue weighted by atomic mass is 16.5. The Hall–Kier alpha value is -1.88. The van der Waals surface area contributed by atoms with Gasteiger partial charge in [-0.3, -0.25) is 0 Å². The molecule has 1 aromatic carbocycles. The molecule has 1 aliphatic rings. The van der Waals surface area contributed by atoms with E-state index in [1.807, 2.05) is 0 Å². The number of ether oxygens (including phenoxy) is 2. The first-order valence-electron chi connectivity index (χ1n) is 3.49. The molecule has 2 heteroatoms. The fourth-order valence-electron chi connectivity index (χ4n) is 0.989. The minimum atomic E-state index is 0.660. The summed E-state index contributed by atoms with van der Waals surface area (Å²) in [6, 6.07) is 5.36. The van der Waals surface area contributed by atoms with Gasteiger partial charge in [0.1, 0.15) is 12.5 Å². The Morgan fingerprint density at radius 2 is 1.83 bits per heavy atom. The van der Waals surface area contributed by atoms with E-state index in [9.17, 15) is 0 Å². The number of benzene rings is 1. The first kappa shape index (κ1) is 6.81. The fraction of sp³-hybridized carbons (Fsp3) is 0. The zero-order valence-electron chi connectivity index (χ0n) is 6.28. The van der Waals surface area contributed by atoms with E-state index in [4.69, 9.17) is 15.9 Å². The van der Waals surface area contributed by atoms with Gasteiger partial charge < -0.3 is 9.47 Å². The third-order valence-electron chi connectivity index (χ3n) is 1.56. The molecule has 0 aliphatic carbocycles. The van der Waals surface area contributed by atoms with Crippen molar-refractivity contribution >= 4 is 0 Å². The van der Waals surface area contributed by atoms with Crippen LogP contribution in [-0.4, -0.2) is 0 Å². The second kappa shape index (κ2) is 2.63. The molecule has 2 nitrogen and oxygen atoms in total. The zero-order valence-corrected chi connectivity index (χ0v) is 6.28. The molecule has 0 unspecified atom stereocenters. The molecule has 0 amide bonds. The Morgan fingerprint density at radius 3 is 2.58 bits per heavy atom. The van der Waals surface area contributed by atoms with Crippen molar-refractivity contribution in [3.8, 4) is 23.8 Å². The van der Waals surface area contributed by atoms with Crippen LogP contribution in [0.4, 0.5) is 0 Å². The summed E-state index contributed by atoms with van der Waals surface area (Å²) >= 11 is 0. The van der Waals surface area contributed by atoms with Crippen LogP contribution >= 0.6 is 0 Å². The van der Waals surface area contributed by atoms with E-state index in [0.29, 0.717) is 11.5 Å². The summed E-state index contributed by atoms with van der Waals surface area (Å²) in [6.07, 6.45) is 8.18. The lowest BCUT2D eigenvalue weighted by Gasteiger charge is -2.11. The van der Waals surface area contributed by atoms with Gasteiger partial charge in [-0.25, -0.2) is 0 Å². The van der Waals surface area contributed by atoms with Crippen molar-refractivity contribution in [3.05, 3.63) is 36.3 Å². The molecule has 0 saturated heterocycles. The summed E-state index contributed by atoms with van der Waals surface area (Å²) in [5.41, 5.74) is 0.785. The molecule has 58 valence electrons. The van der Waals surface area contributed by atoms with Gasteiger partial charge in [-0.05, 0) is 12.1 Å². The quantitative estimate of drug-likeness (QED) is 0.537. The third kappa shape index (κ3) is 1.02. The van der Waals surface area contributed by atoms with E-state index >= 15 is 0 Å². The fourth-order valence-corrected chi connectivity index (χ4v) is 0.989. The van der Waals surface area contributed by atoms with Crippen molar-refractivity contribution in [2.45, 2.75) is 0 Å². The van der Waals surface area contributed by atoms with E-state index in [1.54, 1.807) is 18.2 Å². The van der Waals surface area contributed by atoms with Crippen LogP contribution in [0.1, 0.15) is 5.56 Å². The minimum Gasteiger partial charge on any atom is -0.458 e. The molecule has 0 fully saturated rings. The average molecular weight is 158 g/mol. The second-order valence-electron chi connectivity index (χ2n) is 2.31. The predicted octanol–water partition coefficient (Wildman–Crippen LogP) is 1.91. The Bertz CT molecular complexity index is 372. The lowest BCUT2D eigenvalue weighted by Crippen LogP contribution is -1.95. The second-order valence-corrected chi connectivity index (χ2v) is 2.31. The Morgan fingerprint density at radius 1 is 1.08 bits per heavy atom. The van der Waals surface area contributed by atoms with Crippen LogP contribution in [0.3, 0.4) is 0 Å². The molecule has 0 bridgehead atoms. The number of rotatable bonds is 0. The van der Waals surface area contributed by atoms with Gasteiger partial charge in [0.2, 0.25) is 0 Å². The highest BCUT2D eigenvalue weighted by molar-refractivity contribution is 5.48. The number of terminal acetylenes is 1. The van der Waals surface area contributed by atoms with Crippen LogP contribution in [-0.2, 0) is 0 Å². The van der Waals surface area contributed by atoms with Crippen molar-refractivity contribution in [1.82, 2.24) is 0 Å². The van der Waals surface area contributed by atoms with Gasteiger partial charge in [0.15, 0.2) is 11.5 Å². The molecule has 1 heterocycles. The molecule has 2 rings (SSSR count). The largest absolute Gasteiger partial charge is 0.458 e. The molecule has 0 saturated carbocycles. The van der Waals surface area contributed by atoms with Crippen molar-refractivity contribution < 1.29 is 9.47 Å². The topological polar surface area (TPSA) is 18.5 Å². The monoisotopic (exact) mass is 158 g/mol. The van der Waals surface area contributed by atoms with E-state index in [0.717, 1.165) is 5.56 Å². The summed E-state index contributed by atoms with van der Waals surface area (Å²) in [6.45, 7) is 0. The molecule has 12 heavy (non-hydrogen) atoms. The van der Waals surface area contributed by atoms with E-state index in [2.05, 4.69) is 5.92 Å². The van der Waals surface area contributed by atoms with E-state index < -0.39 is 0 Å². The summed E-state index contributed by atoms with van der Waals surface area (Å²) in [7, 11) is 0. The zero-order chi connectivity index (χ0) is 8.39. The van der Waals surface area contributed by atoms with Gasteiger partial charge in [0.25, 0.3) is 0 Å². The van der Waals surface area contributed by atoms with Gasteiger partial charge >= 0.3 is 0 Å². The van der Waals surface area contributed by atoms with Crippen molar-refractivity contribution in [2.75, 3.05) is 0 Å². The van der Waals surface area contributed by atoms with Gasteiger partial charge in [0, 0.05) is 11.6 Å². The minimum absolute atomic E-state index is 0.660. The first-order valence-corrected chi connectivity index (χ1v) is 3.49. The van der Waals surface area contributed by atoms with Gasteiger partial charge in [-0.15, -0.1) is 6.42 Å². The first-order chi connectivity index (χ1) is 5.90. The molecule has 0 radical (unpaired) electrons. The maximum absolute atomic E-state index is 5.22. The van der Waals surface area contributed by atoms with Gasteiger partial charge in [0.05, 0.1) is 0 Å². The Kier molecular flexibility index (Phi) is 1.49. The third-order valence-corrected chi connectivity index (χ3v) is 1.56. The van der Waals surface area contributed by atoms with Crippen molar-refractivity contribution in [2.24, 2.45) is 0 Å². The standard InChI is InChI=1S/C10H6O2/c1-2-8-3-4-9-10(7-8)12-6-5-11-9/h1,3-7H. The van der Waals surface area contributed by atoms with Crippen LogP contribution < -0.4 is 9.47 Å². The number of fused-ring (bicyclic) bond motifs is 1. The highest BCUT2D eigenvalue weighted by Gasteiger charge is 2.07. The molecule has 1 aliphatic heterocycles. The molecule has 0 spiro atoms. The molecular weight excluding hydrogens is 152 g/mol. The summed E-state index contributed by atoms with van der Waals surface area (Å²) in [5.74, 6) is 3.87. The van der Waals surface area contributed by atoms with Crippen LogP contribution in [0.5, 0.6) is 11.5 Å². The van der Waals surface area contributed by atoms with Crippen molar-refractivity contribution in [3.63, 3.8) is 0 Å². The Labute approximate surface area is 70.4 Å². The molecule has 0 N–H and O–H groups in total. The molecule has 0 aromatic heterocycles. The summed E-state index contributed by atoms with van der Waals surface area (Å²) < 4.78 is 10.3. The normalized spacial score (nSPS) is 12.2. The van der Waals surface area contributed by atoms with Gasteiger partial charge in [-0.1, -0.05) is 5.92 Å². The summed E-state index contributed by atoms with van der Waals surface area (Å²) in [5, 5.41) is 0. The lowest BCUT2D eigenvalue weighted by molar-refractivity contribution is 0.361.